The number of carbonyl (C=O) groups excluding carboxylic acids is 1. The maximum atomic E-state index is 12.1. The minimum absolute atomic E-state index is 0.166. The number of benzene rings is 1. The zero-order valence-corrected chi connectivity index (χ0v) is 18.5. The fraction of sp³-hybridized carbons (Fsp3) is 0.583. The van der Waals surface area contributed by atoms with E-state index in [0.717, 1.165) is 75.6 Å². The molecule has 0 aliphatic carbocycles. The summed E-state index contributed by atoms with van der Waals surface area (Å²) in [6.45, 7) is 4.44. The van der Waals surface area contributed by atoms with Crippen LogP contribution in [0.3, 0.4) is 0 Å². The van der Waals surface area contributed by atoms with E-state index in [2.05, 4.69) is 31.9 Å². The SMILES string of the molecule is COc1ccc(-n2ccnc2CN2CCC(CCC(=O)NC[C@@H]3CCCO3)CC2)cc1. The molecule has 3 heterocycles. The van der Waals surface area contributed by atoms with Crippen molar-refractivity contribution in [2.45, 2.75) is 51.2 Å². The van der Waals surface area contributed by atoms with Gasteiger partial charge < -0.3 is 19.4 Å². The summed E-state index contributed by atoms with van der Waals surface area (Å²) in [4.78, 5) is 19.2. The summed E-state index contributed by atoms with van der Waals surface area (Å²) >= 11 is 0. The van der Waals surface area contributed by atoms with Gasteiger partial charge in [0.2, 0.25) is 5.91 Å². The molecule has 0 spiro atoms. The number of nitrogens with one attached hydrogen (secondary N) is 1. The third-order valence-corrected chi connectivity index (χ3v) is 6.47. The Hall–Kier alpha value is -2.38. The summed E-state index contributed by atoms with van der Waals surface area (Å²) in [6, 6.07) is 8.06. The van der Waals surface area contributed by atoms with Crippen molar-refractivity contribution in [3.05, 3.63) is 42.5 Å². The molecule has 1 N–H and O–H groups in total. The van der Waals surface area contributed by atoms with Gasteiger partial charge in [-0.05, 0) is 75.4 Å². The van der Waals surface area contributed by atoms with E-state index in [1.165, 1.54) is 0 Å². The third-order valence-electron chi connectivity index (χ3n) is 6.47. The predicted octanol–water partition coefficient (Wildman–Crippen LogP) is 3.17. The second-order valence-electron chi connectivity index (χ2n) is 8.61. The molecular weight excluding hydrogens is 392 g/mol. The second kappa shape index (κ2) is 10.8. The van der Waals surface area contributed by atoms with Crippen molar-refractivity contribution in [3.8, 4) is 11.4 Å². The van der Waals surface area contributed by atoms with Crippen LogP contribution in [-0.2, 0) is 16.1 Å². The van der Waals surface area contributed by atoms with E-state index >= 15 is 0 Å². The highest BCUT2D eigenvalue weighted by Crippen LogP contribution is 2.24. The summed E-state index contributed by atoms with van der Waals surface area (Å²) in [5.74, 6) is 2.70. The average Bonchev–Trinajstić information content (AvgIpc) is 3.49. The van der Waals surface area contributed by atoms with Crippen LogP contribution in [0.4, 0.5) is 0 Å². The van der Waals surface area contributed by atoms with E-state index in [1.54, 1.807) is 7.11 Å². The van der Waals surface area contributed by atoms with E-state index in [0.29, 0.717) is 18.9 Å². The van der Waals surface area contributed by atoms with Crippen LogP contribution in [0.15, 0.2) is 36.7 Å². The smallest absolute Gasteiger partial charge is 0.220 e. The molecule has 1 amide bonds. The van der Waals surface area contributed by atoms with Crippen molar-refractivity contribution in [3.63, 3.8) is 0 Å². The van der Waals surface area contributed by atoms with Crippen LogP contribution < -0.4 is 10.1 Å². The molecule has 1 aromatic heterocycles. The van der Waals surface area contributed by atoms with Crippen molar-refractivity contribution in [1.82, 2.24) is 19.8 Å². The highest BCUT2D eigenvalue weighted by molar-refractivity contribution is 5.75. The summed E-state index contributed by atoms with van der Waals surface area (Å²) < 4.78 is 13.0. The average molecular weight is 427 g/mol. The fourth-order valence-corrected chi connectivity index (χ4v) is 4.52. The molecule has 4 rings (SSSR count). The predicted molar refractivity (Wildman–Crippen MR) is 119 cm³/mol. The Balaban J connectivity index is 1.19. The molecule has 2 aromatic rings. The van der Waals surface area contributed by atoms with Gasteiger partial charge in [-0.25, -0.2) is 4.98 Å². The van der Waals surface area contributed by atoms with Crippen LogP contribution in [0.1, 0.15) is 44.3 Å². The zero-order valence-electron chi connectivity index (χ0n) is 18.5. The number of hydrogen-bond donors (Lipinski definition) is 1. The molecule has 2 aliphatic rings. The van der Waals surface area contributed by atoms with Gasteiger partial charge in [0.25, 0.3) is 0 Å². The lowest BCUT2D eigenvalue weighted by atomic mass is 9.92. The summed E-state index contributed by atoms with van der Waals surface area (Å²) in [6.07, 6.45) is 10.2. The third kappa shape index (κ3) is 6.08. The minimum Gasteiger partial charge on any atom is -0.497 e. The molecule has 0 saturated carbocycles. The van der Waals surface area contributed by atoms with Gasteiger partial charge in [-0.15, -0.1) is 0 Å². The van der Waals surface area contributed by atoms with Crippen LogP contribution in [-0.4, -0.2) is 59.8 Å². The number of ether oxygens (including phenoxy) is 2. The number of piperidine rings is 1. The summed E-state index contributed by atoms with van der Waals surface area (Å²) in [7, 11) is 1.68. The first-order valence-electron chi connectivity index (χ1n) is 11.5. The first-order valence-corrected chi connectivity index (χ1v) is 11.5. The first-order chi connectivity index (χ1) is 15.2. The quantitative estimate of drug-likeness (QED) is 0.667. The molecule has 1 aromatic carbocycles. The lowest BCUT2D eigenvalue weighted by molar-refractivity contribution is -0.122. The Morgan fingerprint density at radius 1 is 1.23 bits per heavy atom. The van der Waals surface area contributed by atoms with Gasteiger partial charge >= 0.3 is 0 Å². The minimum atomic E-state index is 0.166. The molecule has 31 heavy (non-hydrogen) atoms. The number of aromatic nitrogens is 2. The Bertz CT molecular complexity index is 822. The van der Waals surface area contributed by atoms with E-state index in [-0.39, 0.29) is 12.0 Å². The monoisotopic (exact) mass is 426 g/mol. The van der Waals surface area contributed by atoms with Gasteiger partial charge in [0, 0.05) is 37.7 Å². The zero-order chi connectivity index (χ0) is 21.5. The Labute approximate surface area is 184 Å². The molecule has 2 saturated heterocycles. The van der Waals surface area contributed by atoms with E-state index < -0.39 is 0 Å². The largest absolute Gasteiger partial charge is 0.497 e. The number of hydrogen-bond acceptors (Lipinski definition) is 5. The topological polar surface area (TPSA) is 68.6 Å². The number of likely N-dealkylation sites (tertiary alicyclic amines) is 1. The molecule has 7 heteroatoms. The molecule has 1 atom stereocenters. The first kappa shape index (κ1) is 21.8. The van der Waals surface area contributed by atoms with Crippen molar-refractivity contribution < 1.29 is 14.3 Å². The van der Waals surface area contributed by atoms with E-state index in [9.17, 15) is 4.79 Å². The van der Waals surface area contributed by atoms with Gasteiger partial charge in [0.15, 0.2) is 0 Å². The maximum absolute atomic E-state index is 12.1. The van der Waals surface area contributed by atoms with Gasteiger partial charge in [-0.2, -0.15) is 0 Å². The number of carbonyl (C=O) groups is 1. The van der Waals surface area contributed by atoms with Crippen molar-refractivity contribution >= 4 is 5.91 Å². The number of methoxy groups -OCH3 is 1. The van der Waals surface area contributed by atoms with Crippen LogP contribution in [0.25, 0.3) is 5.69 Å². The van der Waals surface area contributed by atoms with E-state index in [4.69, 9.17) is 9.47 Å². The lowest BCUT2D eigenvalue weighted by Crippen LogP contribution is -2.35. The molecule has 2 aliphatic heterocycles. The van der Waals surface area contributed by atoms with Crippen molar-refractivity contribution in [1.29, 1.82) is 0 Å². The van der Waals surface area contributed by atoms with Gasteiger partial charge in [0.05, 0.1) is 19.8 Å². The Morgan fingerprint density at radius 2 is 2.03 bits per heavy atom. The van der Waals surface area contributed by atoms with E-state index in [1.807, 2.05) is 24.5 Å². The fourth-order valence-electron chi connectivity index (χ4n) is 4.52. The van der Waals surface area contributed by atoms with Gasteiger partial charge in [0.1, 0.15) is 11.6 Å². The van der Waals surface area contributed by atoms with Crippen LogP contribution in [0.5, 0.6) is 5.75 Å². The lowest BCUT2D eigenvalue weighted by Gasteiger charge is -2.31. The standard InChI is InChI=1S/C24H34N4O3/c1-30-21-7-5-20(6-8-21)28-15-12-25-23(28)18-27-13-10-19(11-14-27)4-9-24(29)26-17-22-3-2-16-31-22/h5-8,12,15,19,22H,2-4,9-11,13-14,16-18H2,1H3,(H,26,29)/t22-/m0/s1. The summed E-state index contributed by atoms with van der Waals surface area (Å²) in [5, 5.41) is 3.04. The molecule has 2 fully saturated rings. The molecule has 168 valence electrons. The van der Waals surface area contributed by atoms with Crippen LogP contribution >= 0.6 is 0 Å². The highest BCUT2D eigenvalue weighted by atomic mass is 16.5. The number of rotatable bonds is 9. The second-order valence-corrected chi connectivity index (χ2v) is 8.61. The number of imidazole rings is 1. The molecule has 0 radical (unpaired) electrons. The normalized spacial score (nSPS) is 20.1. The number of amides is 1. The number of nitrogens with zero attached hydrogens (tertiary/aromatic N) is 3. The molecule has 7 nitrogen and oxygen atoms in total. The van der Waals surface area contributed by atoms with Gasteiger partial charge in [-0.1, -0.05) is 0 Å². The summed E-state index contributed by atoms with van der Waals surface area (Å²) in [5.41, 5.74) is 1.09. The highest BCUT2D eigenvalue weighted by Gasteiger charge is 2.22. The molecule has 0 bridgehead atoms. The van der Waals surface area contributed by atoms with Crippen LogP contribution in [0, 0.1) is 5.92 Å². The maximum Gasteiger partial charge on any atom is 0.220 e. The van der Waals surface area contributed by atoms with Crippen LogP contribution in [0.2, 0.25) is 0 Å². The molecular formula is C24H34N4O3. The molecule has 0 unspecified atom stereocenters. The Kier molecular flexibility index (Phi) is 7.59. The van der Waals surface area contributed by atoms with Crippen molar-refractivity contribution in [2.75, 3.05) is 33.4 Å². The van der Waals surface area contributed by atoms with Crippen molar-refractivity contribution in [2.24, 2.45) is 5.92 Å². The van der Waals surface area contributed by atoms with Gasteiger partial charge in [-0.3, -0.25) is 9.69 Å². The Morgan fingerprint density at radius 3 is 2.74 bits per heavy atom.